The normalized spacial score (nSPS) is 15.4. The Morgan fingerprint density at radius 2 is 0.933 bits per heavy atom. The molecule has 2 amide bonds. The summed E-state index contributed by atoms with van der Waals surface area (Å²) in [7, 11) is -5.41. The number of carboxylic acid groups (broad SMARTS) is 1. The Labute approximate surface area is 526 Å². The van der Waals surface area contributed by atoms with E-state index in [1.807, 2.05) is 60.7 Å². The monoisotopic (exact) mass is 1290 g/mol. The first-order valence-electron chi connectivity index (χ1n) is 29.2. The predicted molar refractivity (Wildman–Crippen MR) is 333 cm³/mol. The topological polar surface area (TPSA) is 316 Å². The van der Waals surface area contributed by atoms with Gasteiger partial charge >= 0.3 is 12.1 Å². The van der Waals surface area contributed by atoms with Gasteiger partial charge in [0.15, 0.2) is 0 Å². The number of sulfonamides is 2. The van der Waals surface area contributed by atoms with Crippen molar-refractivity contribution < 1.29 is 90.1 Å². The summed E-state index contributed by atoms with van der Waals surface area (Å²) < 4.78 is 82.9. The molecule has 7 N–H and O–H groups in total. The molecule has 0 aromatic heterocycles. The molecule has 0 spiro atoms. The SMILES string of the molecule is COc1ccc(S(=O)(=O)N(C[C@@H](O)[C@H](Cc2ccccc2)NC(=O)OC(C)(C)C)OC2CCOCC2)cc1.COc1ccc(S(=O)(=O)N(C[C@@H](O)[C@H](Cc2ccccc2)NC(=O)c2cccc(O)c2C)OC2CCOCC2)cc1.Cc1c(O)cccc1C(=O)O. The molecule has 0 aliphatic carbocycles. The summed E-state index contributed by atoms with van der Waals surface area (Å²) >= 11 is 0. The highest BCUT2D eigenvalue weighted by Gasteiger charge is 2.37. The summed E-state index contributed by atoms with van der Waals surface area (Å²) in [5.74, 6) is -0.532. The fraction of sp³-hybridized carbons (Fsp3) is 0.400. The van der Waals surface area contributed by atoms with Crippen LogP contribution in [0.4, 0.5) is 4.79 Å². The van der Waals surface area contributed by atoms with E-state index in [4.69, 9.17) is 43.6 Å². The number of methoxy groups -OCH3 is 2. The summed E-state index contributed by atoms with van der Waals surface area (Å²) in [6.07, 6.45) is -1.77. The van der Waals surface area contributed by atoms with E-state index < -0.39 is 93.2 Å². The minimum absolute atomic E-state index is 0.0164. The van der Waals surface area contributed by atoms with Crippen LogP contribution in [0.25, 0.3) is 0 Å². The quantitative estimate of drug-likeness (QED) is 0.0283. The molecular weight excluding hydrogens is 1200 g/mol. The first kappa shape index (κ1) is 71.4. The number of hydrogen-bond donors (Lipinski definition) is 7. The third-order valence-corrected chi connectivity index (χ3v) is 17.7. The Kier molecular flexibility index (Phi) is 26.9. The molecule has 8 rings (SSSR count). The van der Waals surface area contributed by atoms with Gasteiger partial charge in [-0.3, -0.25) is 14.5 Å². The van der Waals surface area contributed by atoms with E-state index >= 15 is 0 Å². The molecule has 2 fully saturated rings. The Balaban J connectivity index is 0.000000245. The summed E-state index contributed by atoms with van der Waals surface area (Å²) in [6.45, 7) is 9.29. The molecule has 6 aromatic carbocycles. The van der Waals surface area contributed by atoms with Crippen molar-refractivity contribution >= 4 is 38.0 Å². The number of phenolic OH excluding ortho intramolecular Hbond substituents is 2. The van der Waals surface area contributed by atoms with E-state index in [2.05, 4.69) is 10.6 Å². The third-order valence-electron chi connectivity index (χ3n) is 14.4. The number of aliphatic hydroxyl groups is 2. The number of aliphatic hydroxyl groups excluding tert-OH is 2. The number of phenols is 2. The van der Waals surface area contributed by atoms with Crippen LogP contribution in [0.5, 0.6) is 23.0 Å². The second-order valence-electron chi connectivity index (χ2n) is 22.2. The molecule has 90 heavy (non-hydrogen) atoms. The minimum Gasteiger partial charge on any atom is -0.508 e. The number of nitrogens with one attached hydrogen (secondary N) is 2. The van der Waals surface area contributed by atoms with Crippen molar-refractivity contribution in [2.45, 2.75) is 125 Å². The van der Waals surface area contributed by atoms with Crippen molar-refractivity contribution in [1.82, 2.24) is 19.6 Å². The number of nitrogens with zero attached hydrogens (tertiary/aromatic N) is 2. The van der Waals surface area contributed by atoms with E-state index in [1.165, 1.54) is 87.0 Å². The molecule has 2 heterocycles. The number of hydroxylamine groups is 2. The zero-order valence-corrected chi connectivity index (χ0v) is 53.1. The van der Waals surface area contributed by atoms with Gasteiger partial charge < -0.3 is 59.9 Å². The largest absolute Gasteiger partial charge is 0.508 e. The van der Waals surface area contributed by atoms with Gasteiger partial charge in [0, 0.05) is 43.1 Å². The van der Waals surface area contributed by atoms with E-state index in [1.54, 1.807) is 46.8 Å². The number of alkyl carbamates (subject to hydrolysis) is 1. The van der Waals surface area contributed by atoms with Gasteiger partial charge in [0.25, 0.3) is 26.0 Å². The zero-order valence-electron chi connectivity index (χ0n) is 51.5. The number of aromatic hydroxyl groups is 2. The number of ether oxygens (including phenoxy) is 5. The van der Waals surface area contributed by atoms with Crippen molar-refractivity contribution in [1.29, 1.82) is 0 Å². The van der Waals surface area contributed by atoms with Crippen molar-refractivity contribution in [3.05, 3.63) is 179 Å². The van der Waals surface area contributed by atoms with E-state index in [0.29, 0.717) is 74.7 Å². The van der Waals surface area contributed by atoms with Crippen LogP contribution < -0.4 is 20.1 Å². The van der Waals surface area contributed by atoms with E-state index in [0.717, 1.165) is 20.1 Å². The Morgan fingerprint density at radius 3 is 1.30 bits per heavy atom. The molecule has 25 heteroatoms. The number of hydrogen-bond acceptors (Lipinski definition) is 18. The smallest absolute Gasteiger partial charge is 0.407 e. The Hall–Kier alpha value is -7.69. The molecule has 2 saturated heterocycles. The third kappa shape index (κ3) is 21.5. The van der Waals surface area contributed by atoms with Crippen molar-refractivity contribution in [2.75, 3.05) is 53.7 Å². The van der Waals surface area contributed by atoms with Gasteiger partial charge in [-0.25, -0.2) is 26.4 Å². The second kappa shape index (κ2) is 33.9. The number of amides is 2. The zero-order chi connectivity index (χ0) is 65.6. The number of carbonyl (C=O) groups excluding carboxylic acids is 2. The molecule has 0 bridgehead atoms. The van der Waals surface area contributed by atoms with Crippen LogP contribution in [0.3, 0.4) is 0 Å². The van der Waals surface area contributed by atoms with Gasteiger partial charge in [-0.1, -0.05) is 81.7 Å². The molecule has 2 aliphatic heterocycles. The number of carbonyl (C=O) groups is 3. The fourth-order valence-electron chi connectivity index (χ4n) is 9.31. The highest BCUT2D eigenvalue weighted by molar-refractivity contribution is 7.89. The molecule has 6 aromatic rings. The molecule has 488 valence electrons. The first-order chi connectivity index (χ1) is 42.8. The molecule has 2 aliphatic rings. The van der Waals surface area contributed by atoms with Gasteiger partial charge in [0.05, 0.1) is 79.2 Å². The van der Waals surface area contributed by atoms with Crippen LogP contribution in [0.2, 0.25) is 0 Å². The van der Waals surface area contributed by atoms with Crippen molar-refractivity contribution in [3.8, 4) is 23.0 Å². The van der Waals surface area contributed by atoms with Crippen LogP contribution in [-0.4, -0.2) is 165 Å². The lowest BCUT2D eigenvalue weighted by Crippen LogP contribution is -2.52. The summed E-state index contributed by atoms with van der Waals surface area (Å²) in [4.78, 5) is 48.3. The van der Waals surface area contributed by atoms with Crippen LogP contribution in [-0.2, 0) is 56.8 Å². The number of benzene rings is 6. The minimum atomic E-state index is -4.21. The van der Waals surface area contributed by atoms with Crippen molar-refractivity contribution in [3.63, 3.8) is 0 Å². The van der Waals surface area contributed by atoms with Crippen LogP contribution >= 0.6 is 0 Å². The maximum absolute atomic E-state index is 13.8. The highest BCUT2D eigenvalue weighted by Crippen LogP contribution is 2.28. The van der Waals surface area contributed by atoms with Gasteiger partial charge in [0.2, 0.25) is 0 Å². The maximum atomic E-state index is 13.8. The average Bonchev–Trinajstić information content (AvgIpc) is 1.73. The maximum Gasteiger partial charge on any atom is 0.407 e. The van der Waals surface area contributed by atoms with Crippen LogP contribution in [0, 0.1) is 13.8 Å². The van der Waals surface area contributed by atoms with Crippen LogP contribution in [0.1, 0.15) is 89.4 Å². The average molecular weight is 1290 g/mol. The lowest BCUT2D eigenvalue weighted by Gasteiger charge is -2.32. The number of carboxylic acids is 1. The second-order valence-corrected chi connectivity index (χ2v) is 25.9. The van der Waals surface area contributed by atoms with E-state index in [-0.39, 0.29) is 45.3 Å². The van der Waals surface area contributed by atoms with Gasteiger partial charge in [-0.05, 0) is 157 Å². The highest BCUT2D eigenvalue weighted by atomic mass is 32.2. The summed E-state index contributed by atoms with van der Waals surface area (Å²) in [5, 5.41) is 56.1. The van der Waals surface area contributed by atoms with Gasteiger partial charge in [-0.15, -0.1) is 0 Å². The van der Waals surface area contributed by atoms with E-state index in [9.17, 15) is 46.5 Å². The lowest BCUT2D eigenvalue weighted by atomic mass is 10.00. The molecular formula is C65H82N4O19S2. The first-order valence-corrected chi connectivity index (χ1v) is 32.0. The molecule has 4 atom stereocenters. The molecule has 23 nitrogen and oxygen atoms in total. The van der Waals surface area contributed by atoms with Crippen LogP contribution in [0.15, 0.2) is 155 Å². The van der Waals surface area contributed by atoms with Gasteiger partial charge in [-0.2, -0.15) is 0 Å². The predicted octanol–water partition coefficient (Wildman–Crippen LogP) is 7.90. The Bertz CT molecular complexity index is 3460. The summed E-state index contributed by atoms with van der Waals surface area (Å²) in [5.41, 5.74) is 2.12. The lowest BCUT2D eigenvalue weighted by molar-refractivity contribution is -0.170. The Morgan fingerprint density at radius 1 is 0.556 bits per heavy atom. The number of aromatic carboxylic acids is 1. The molecule has 0 unspecified atom stereocenters. The molecule has 0 saturated carbocycles. The van der Waals surface area contributed by atoms with Gasteiger partial charge in [0.1, 0.15) is 28.6 Å². The number of rotatable bonds is 24. The summed E-state index contributed by atoms with van der Waals surface area (Å²) in [6, 6.07) is 37.6. The molecule has 0 radical (unpaired) electrons. The fourth-order valence-corrected chi connectivity index (χ4v) is 11.9. The van der Waals surface area contributed by atoms with Crippen molar-refractivity contribution in [2.24, 2.45) is 0 Å². The standard InChI is InChI=1S/C30H36N2O8S.C27H38N2O8S.C8H8O3/c1-21-26(9-6-10-28(21)33)30(35)31-27(19-22-7-4-3-5-8-22)29(34)20-32(40-24-15-17-39-18-16-24)41(36,37)25-13-11-23(38-2)12-14-25;1-27(2,3)36-26(31)28-24(18-20-8-6-5-7-9-20)25(30)19-29(37-22-14-16-35-17-15-22)38(32,33)23-12-10-21(34-4)11-13-23;1-5-6(8(10)11)3-2-4-7(5)9/h3-14,24,27,29,33-34H,15-20H2,1-2H3,(H,31,35);5-13,22,24-25,30H,14-19H2,1-4H3,(H,28,31);2-4,9H,1H3,(H,10,11)/t27-,29+;24-,25+;/m00./s1.